The molecule has 0 radical (unpaired) electrons. The summed E-state index contributed by atoms with van der Waals surface area (Å²) in [6, 6.07) is 14.9. The minimum Gasteiger partial charge on any atom is -0.360 e. The third-order valence-corrected chi connectivity index (χ3v) is 5.81. The first kappa shape index (κ1) is 22.0. The van der Waals surface area contributed by atoms with Crippen LogP contribution in [-0.2, 0) is 17.9 Å². The number of amides is 1. The molecule has 1 aliphatic heterocycles. The average molecular weight is 426 g/mol. The van der Waals surface area contributed by atoms with Gasteiger partial charge in [0.2, 0.25) is 5.91 Å². The fourth-order valence-electron chi connectivity index (χ4n) is 3.36. The Morgan fingerprint density at radius 2 is 2.00 bits per heavy atom. The van der Waals surface area contributed by atoms with E-state index in [4.69, 9.17) is 4.99 Å². The summed E-state index contributed by atoms with van der Waals surface area (Å²) in [5.41, 5.74) is 4.76. The molecule has 160 valence electrons. The quantitative estimate of drug-likeness (QED) is 0.362. The van der Waals surface area contributed by atoms with E-state index < -0.39 is 0 Å². The summed E-state index contributed by atoms with van der Waals surface area (Å²) in [5, 5.41) is 9.62. The Kier molecular flexibility index (Phi) is 8.02. The van der Waals surface area contributed by atoms with E-state index in [1.165, 1.54) is 16.0 Å². The summed E-state index contributed by atoms with van der Waals surface area (Å²) in [7, 11) is 0. The molecule has 2 aromatic rings. The van der Waals surface area contributed by atoms with Gasteiger partial charge in [0, 0.05) is 36.8 Å². The average Bonchev–Trinajstić information content (AvgIpc) is 2.76. The van der Waals surface area contributed by atoms with Crippen molar-refractivity contribution in [3.63, 3.8) is 0 Å². The normalized spacial score (nSPS) is 14.4. The molecular weight excluding hydrogens is 394 g/mol. The number of rotatable bonds is 7. The molecule has 7 heteroatoms. The van der Waals surface area contributed by atoms with E-state index >= 15 is 0 Å². The molecule has 1 saturated heterocycles. The number of benzene rings is 2. The molecule has 0 spiro atoms. The third-order valence-electron chi connectivity index (χ3n) is 4.99. The molecule has 0 aliphatic carbocycles. The third kappa shape index (κ3) is 6.16. The number of hydrogen-bond acceptors (Lipinski definition) is 4. The first-order chi connectivity index (χ1) is 14.6. The second-order valence-electron chi connectivity index (χ2n) is 7.30. The van der Waals surface area contributed by atoms with Gasteiger partial charge in [0.1, 0.15) is 0 Å². The van der Waals surface area contributed by atoms with Crippen LogP contribution in [0.15, 0.2) is 52.4 Å². The Morgan fingerprint density at radius 1 is 1.20 bits per heavy atom. The maximum Gasteiger partial charge on any atom is 0.239 e. The lowest BCUT2D eigenvalue weighted by molar-refractivity contribution is -0.120. The van der Waals surface area contributed by atoms with Crippen molar-refractivity contribution in [2.24, 2.45) is 4.99 Å². The Labute approximate surface area is 183 Å². The lowest BCUT2D eigenvalue weighted by Crippen LogP contribution is -2.47. The topological polar surface area (TPSA) is 68.8 Å². The molecule has 3 rings (SSSR count). The van der Waals surface area contributed by atoms with Crippen molar-refractivity contribution in [1.82, 2.24) is 16.0 Å². The van der Waals surface area contributed by atoms with E-state index in [9.17, 15) is 4.79 Å². The van der Waals surface area contributed by atoms with Crippen molar-refractivity contribution >= 4 is 29.3 Å². The predicted octanol–water partition coefficient (Wildman–Crippen LogP) is 2.91. The van der Waals surface area contributed by atoms with Crippen molar-refractivity contribution in [3.8, 4) is 0 Å². The molecule has 2 aromatic carbocycles. The maximum atomic E-state index is 11.6. The number of thioether (sulfide) groups is 1. The molecule has 1 aliphatic rings. The highest BCUT2D eigenvalue weighted by Crippen LogP contribution is 2.21. The molecule has 0 atom stereocenters. The van der Waals surface area contributed by atoms with Crippen molar-refractivity contribution < 1.29 is 4.79 Å². The lowest BCUT2D eigenvalue weighted by atomic mass is 10.1. The fourth-order valence-corrected chi connectivity index (χ4v) is 4.07. The van der Waals surface area contributed by atoms with Crippen LogP contribution in [0.2, 0.25) is 0 Å². The van der Waals surface area contributed by atoms with Gasteiger partial charge in [-0.15, -0.1) is 11.8 Å². The van der Waals surface area contributed by atoms with Crippen molar-refractivity contribution in [3.05, 3.63) is 59.2 Å². The highest BCUT2D eigenvalue weighted by Gasteiger charge is 2.16. The van der Waals surface area contributed by atoms with Gasteiger partial charge >= 0.3 is 0 Å². The molecular formula is C23H31N5OS. The number of anilines is 1. The number of carbonyl (C=O) groups is 1. The van der Waals surface area contributed by atoms with Crippen LogP contribution < -0.4 is 20.9 Å². The van der Waals surface area contributed by atoms with Gasteiger partial charge in [0.25, 0.3) is 0 Å². The van der Waals surface area contributed by atoms with Gasteiger partial charge in [-0.3, -0.25) is 4.79 Å². The van der Waals surface area contributed by atoms with E-state index in [0.29, 0.717) is 19.6 Å². The van der Waals surface area contributed by atoms with E-state index in [2.05, 4.69) is 83.4 Å². The van der Waals surface area contributed by atoms with Crippen molar-refractivity contribution in [2.45, 2.75) is 31.8 Å². The Morgan fingerprint density at radius 3 is 2.70 bits per heavy atom. The molecule has 1 heterocycles. The first-order valence-corrected chi connectivity index (χ1v) is 11.6. The summed E-state index contributed by atoms with van der Waals surface area (Å²) in [6.07, 6.45) is 2.11. The van der Waals surface area contributed by atoms with Gasteiger partial charge in [-0.1, -0.05) is 24.3 Å². The summed E-state index contributed by atoms with van der Waals surface area (Å²) in [6.45, 7) is 8.29. The summed E-state index contributed by atoms with van der Waals surface area (Å²) >= 11 is 1.77. The van der Waals surface area contributed by atoms with E-state index in [1.807, 2.05) is 0 Å². The Balaban J connectivity index is 1.61. The number of aryl methyl sites for hydroxylation is 1. The van der Waals surface area contributed by atoms with Gasteiger partial charge in [-0.25, -0.2) is 4.99 Å². The zero-order valence-corrected chi connectivity index (χ0v) is 18.8. The van der Waals surface area contributed by atoms with E-state index in [0.717, 1.165) is 36.8 Å². The van der Waals surface area contributed by atoms with Crippen LogP contribution in [0.5, 0.6) is 0 Å². The maximum absolute atomic E-state index is 11.6. The molecule has 6 nitrogen and oxygen atoms in total. The van der Waals surface area contributed by atoms with Crippen LogP contribution in [0.1, 0.15) is 23.6 Å². The molecule has 1 fully saturated rings. The SMILES string of the molecule is CCNC(=NCc1ccc(N2CCNC(=O)C2)cc1)NCc1ccc(C)cc1SC. The lowest BCUT2D eigenvalue weighted by Gasteiger charge is -2.28. The van der Waals surface area contributed by atoms with Gasteiger partial charge in [0.15, 0.2) is 5.96 Å². The Bertz CT molecular complexity index is 882. The molecule has 0 unspecified atom stereocenters. The number of nitrogens with zero attached hydrogens (tertiary/aromatic N) is 2. The smallest absolute Gasteiger partial charge is 0.239 e. The number of piperazine rings is 1. The molecule has 3 N–H and O–H groups in total. The Hall–Kier alpha value is -2.67. The van der Waals surface area contributed by atoms with Crippen LogP contribution in [0.4, 0.5) is 5.69 Å². The monoisotopic (exact) mass is 425 g/mol. The number of guanidine groups is 1. The van der Waals surface area contributed by atoms with E-state index in [-0.39, 0.29) is 5.91 Å². The predicted molar refractivity (Wildman–Crippen MR) is 126 cm³/mol. The number of carbonyl (C=O) groups excluding carboxylic acids is 1. The standard InChI is InChI=1S/C23H31N5OS/c1-4-24-23(27-15-19-8-5-17(2)13-21(19)30-3)26-14-18-6-9-20(10-7-18)28-12-11-25-22(29)16-28/h5-10,13H,4,11-12,14-16H2,1-3H3,(H,25,29)(H2,24,26,27). The number of aliphatic imine (C=N–C) groups is 1. The minimum absolute atomic E-state index is 0.0782. The van der Waals surface area contributed by atoms with Gasteiger partial charge in [0.05, 0.1) is 13.1 Å². The fraction of sp³-hybridized carbons (Fsp3) is 0.391. The first-order valence-electron chi connectivity index (χ1n) is 10.4. The van der Waals surface area contributed by atoms with Crippen molar-refractivity contribution in [1.29, 1.82) is 0 Å². The van der Waals surface area contributed by atoms with E-state index in [1.54, 1.807) is 11.8 Å². The van der Waals surface area contributed by atoms with Crippen LogP contribution >= 0.6 is 11.8 Å². The van der Waals surface area contributed by atoms with Gasteiger partial charge < -0.3 is 20.9 Å². The summed E-state index contributed by atoms with van der Waals surface area (Å²) in [4.78, 5) is 19.7. The zero-order chi connectivity index (χ0) is 21.3. The van der Waals surface area contributed by atoms with Crippen LogP contribution in [0.3, 0.4) is 0 Å². The molecule has 0 saturated carbocycles. The zero-order valence-electron chi connectivity index (χ0n) is 18.0. The number of hydrogen-bond donors (Lipinski definition) is 3. The second-order valence-corrected chi connectivity index (χ2v) is 8.15. The van der Waals surface area contributed by atoms with Crippen LogP contribution in [0, 0.1) is 6.92 Å². The van der Waals surface area contributed by atoms with Gasteiger partial charge in [-0.05, 0) is 55.0 Å². The van der Waals surface area contributed by atoms with Crippen molar-refractivity contribution in [2.75, 3.05) is 37.3 Å². The minimum atomic E-state index is 0.0782. The summed E-state index contributed by atoms with van der Waals surface area (Å²) in [5.74, 6) is 0.886. The second kappa shape index (κ2) is 10.9. The van der Waals surface area contributed by atoms with Crippen LogP contribution in [-0.4, -0.2) is 44.3 Å². The number of nitrogens with one attached hydrogen (secondary N) is 3. The summed E-state index contributed by atoms with van der Waals surface area (Å²) < 4.78 is 0. The highest BCUT2D eigenvalue weighted by molar-refractivity contribution is 7.98. The molecule has 30 heavy (non-hydrogen) atoms. The molecule has 1 amide bonds. The van der Waals surface area contributed by atoms with Crippen LogP contribution in [0.25, 0.3) is 0 Å². The van der Waals surface area contributed by atoms with Gasteiger partial charge in [-0.2, -0.15) is 0 Å². The molecule has 0 bridgehead atoms. The molecule has 0 aromatic heterocycles. The largest absolute Gasteiger partial charge is 0.360 e. The highest BCUT2D eigenvalue weighted by atomic mass is 32.2.